The van der Waals surface area contributed by atoms with Gasteiger partial charge in [-0.1, -0.05) is 24.6 Å². The van der Waals surface area contributed by atoms with Gasteiger partial charge in [-0.25, -0.2) is 13.1 Å². The average Bonchev–Trinajstić information content (AvgIpc) is 3.16. The Labute approximate surface area is 166 Å². The fourth-order valence-electron chi connectivity index (χ4n) is 3.38. The standard InChI is InChI=1S/C20H28N4O3S/c1-4-16(3)24-19(9-12-21-24)22-20(25)17-10-13-23(14-11-17)28(26,27)18-7-5-15(2)6-8-18/h5-9,12,16-17H,4,10-11,13-14H2,1-3H3,(H,22,25). The van der Waals surface area contributed by atoms with Crippen molar-refractivity contribution >= 4 is 21.7 Å². The Morgan fingerprint density at radius 1 is 1.21 bits per heavy atom. The number of carbonyl (C=O) groups is 1. The summed E-state index contributed by atoms with van der Waals surface area (Å²) in [5.74, 6) is 0.413. The van der Waals surface area contributed by atoms with Gasteiger partial charge < -0.3 is 5.32 Å². The van der Waals surface area contributed by atoms with Crippen LogP contribution in [0.2, 0.25) is 0 Å². The molecule has 8 heteroatoms. The number of nitrogens with one attached hydrogen (secondary N) is 1. The number of nitrogens with zero attached hydrogens (tertiary/aromatic N) is 3. The van der Waals surface area contributed by atoms with Gasteiger partial charge in [0.1, 0.15) is 5.82 Å². The van der Waals surface area contributed by atoms with Crippen LogP contribution in [-0.4, -0.2) is 41.5 Å². The fourth-order valence-corrected chi connectivity index (χ4v) is 4.85. The van der Waals surface area contributed by atoms with Crippen LogP contribution >= 0.6 is 0 Å². The number of rotatable bonds is 6. The van der Waals surface area contributed by atoms with Gasteiger partial charge in [-0.2, -0.15) is 9.40 Å². The van der Waals surface area contributed by atoms with E-state index in [9.17, 15) is 13.2 Å². The van der Waals surface area contributed by atoms with Gasteiger partial charge in [0.15, 0.2) is 0 Å². The molecule has 2 heterocycles. The number of hydrogen-bond acceptors (Lipinski definition) is 4. The molecule has 3 rings (SSSR count). The maximum absolute atomic E-state index is 12.8. The number of carbonyl (C=O) groups excluding carboxylic acids is 1. The highest BCUT2D eigenvalue weighted by Crippen LogP contribution is 2.25. The molecule has 1 saturated heterocycles. The van der Waals surface area contributed by atoms with E-state index in [4.69, 9.17) is 0 Å². The summed E-state index contributed by atoms with van der Waals surface area (Å²) in [7, 11) is -3.51. The Bertz CT molecular complexity index is 913. The van der Waals surface area contributed by atoms with Crippen molar-refractivity contribution in [1.29, 1.82) is 0 Å². The summed E-state index contributed by atoms with van der Waals surface area (Å²) >= 11 is 0. The topological polar surface area (TPSA) is 84.3 Å². The lowest BCUT2D eigenvalue weighted by molar-refractivity contribution is -0.121. The highest BCUT2D eigenvalue weighted by Gasteiger charge is 2.32. The molecule has 7 nitrogen and oxygen atoms in total. The zero-order valence-electron chi connectivity index (χ0n) is 16.6. The first kappa shape index (κ1) is 20.5. The van der Waals surface area contributed by atoms with Crippen molar-refractivity contribution in [2.24, 2.45) is 5.92 Å². The molecule has 28 heavy (non-hydrogen) atoms. The third-order valence-corrected chi connectivity index (χ3v) is 7.33. The van der Waals surface area contributed by atoms with E-state index in [1.165, 1.54) is 4.31 Å². The molecule has 1 atom stereocenters. The van der Waals surface area contributed by atoms with E-state index < -0.39 is 10.0 Å². The van der Waals surface area contributed by atoms with Gasteiger partial charge in [0.2, 0.25) is 15.9 Å². The Morgan fingerprint density at radius 2 is 1.86 bits per heavy atom. The molecular formula is C20H28N4O3S. The Morgan fingerprint density at radius 3 is 2.46 bits per heavy atom. The first-order valence-electron chi connectivity index (χ1n) is 9.74. The Balaban J connectivity index is 1.61. The molecule has 152 valence electrons. The minimum Gasteiger partial charge on any atom is -0.311 e. The van der Waals surface area contributed by atoms with Crippen LogP contribution in [0.25, 0.3) is 0 Å². The molecule has 1 aliphatic heterocycles. The van der Waals surface area contributed by atoms with Crippen molar-refractivity contribution in [2.75, 3.05) is 18.4 Å². The summed E-state index contributed by atoms with van der Waals surface area (Å²) in [6.45, 7) is 6.74. The number of sulfonamides is 1. The number of piperidine rings is 1. The molecule has 1 aromatic carbocycles. The van der Waals surface area contributed by atoms with Gasteiger partial charge in [0, 0.05) is 25.1 Å². The lowest BCUT2D eigenvalue weighted by Crippen LogP contribution is -2.41. The van der Waals surface area contributed by atoms with Crippen molar-refractivity contribution in [2.45, 2.75) is 51.0 Å². The summed E-state index contributed by atoms with van der Waals surface area (Å²) in [5, 5.41) is 7.24. The van der Waals surface area contributed by atoms with E-state index in [0.717, 1.165) is 12.0 Å². The molecule has 0 saturated carbocycles. The van der Waals surface area contributed by atoms with E-state index in [0.29, 0.717) is 36.6 Å². The maximum Gasteiger partial charge on any atom is 0.243 e. The molecule has 0 aliphatic carbocycles. The third-order valence-electron chi connectivity index (χ3n) is 5.41. The van der Waals surface area contributed by atoms with E-state index in [2.05, 4.69) is 24.3 Å². The Hall–Kier alpha value is -2.19. The molecule has 1 aliphatic rings. The molecule has 1 unspecified atom stereocenters. The zero-order chi connectivity index (χ0) is 20.3. The molecule has 1 amide bonds. The normalized spacial score (nSPS) is 17.4. The first-order valence-corrected chi connectivity index (χ1v) is 11.2. The van der Waals surface area contributed by atoms with Crippen LogP contribution in [0.5, 0.6) is 0 Å². The predicted molar refractivity (Wildman–Crippen MR) is 109 cm³/mol. The van der Waals surface area contributed by atoms with Gasteiger partial charge in [-0.3, -0.25) is 4.79 Å². The van der Waals surface area contributed by atoms with Crippen molar-refractivity contribution in [3.63, 3.8) is 0 Å². The molecule has 1 aromatic heterocycles. The molecule has 0 spiro atoms. The van der Waals surface area contributed by atoms with Gasteiger partial charge in [-0.05, 0) is 45.2 Å². The highest BCUT2D eigenvalue weighted by atomic mass is 32.2. The average molecular weight is 405 g/mol. The minimum atomic E-state index is -3.51. The van der Waals surface area contributed by atoms with Crippen LogP contribution in [0.4, 0.5) is 5.82 Å². The van der Waals surface area contributed by atoms with Crippen LogP contribution in [0.3, 0.4) is 0 Å². The highest BCUT2D eigenvalue weighted by molar-refractivity contribution is 7.89. The molecule has 2 aromatic rings. The van der Waals surface area contributed by atoms with Crippen LogP contribution in [0.1, 0.15) is 44.7 Å². The SMILES string of the molecule is CCC(C)n1nccc1NC(=O)C1CCN(S(=O)(=O)c2ccc(C)cc2)CC1. The van der Waals surface area contributed by atoms with E-state index in [1.54, 1.807) is 36.5 Å². The van der Waals surface area contributed by atoms with Crippen molar-refractivity contribution < 1.29 is 13.2 Å². The van der Waals surface area contributed by atoms with Gasteiger partial charge in [-0.15, -0.1) is 0 Å². The van der Waals surface area contributed by atoms with Crippen molar-refractivity contribution in [3.05, 3.63) is 42.1 Å². The number of anilines is 1. The lowest BCUT2D eigenvalue weighted by Gasteiger charge is -2.30. The third kappa shape index (κ3) is 4.28. The summed E-state index contributed by atoms with van der Waals surface area (Å²) < 4.78 is 28.9. The number of hydrogen-bond donors (Lipinski definition) is 1. The van der Waals surface area contributed by atoms with Crippen LogP contribution < -0.4 is 5.32 Å². The van der Waals surface area contributed by atoms with E-state index in [-0.39, 0.29) is 17.9 Å². The molecule has 0 radical (unpaired) electrons. The Kier molecular flexibility index (Phi) is 6.20. The molecular weight excluding hydrogens is 376 g/mol. The van der Waals surface area contributed by atoms with Gasteiger partial charge >= 0.3 is 0 Å². The second-order valence-corrected chi connectivity index (χ2v) is 9.34. The van der Waals surface area contributed by atoms with Crippen molar-refractivity contribution in [1.82, 2.24) is 14.1 Å². The largest absolute Gasteiger partial charge is 0.311 e. The van der Waals surface area contributed by atoms with Crippen LogP contribution in [0.15, 0.2) is 41.4 Å². The number of aromatic nitrogens is 2. The fraction of sp³-hybridized carbons (Fsp3) is 0.500. The zero-order valence-corrected chi connectivity index (χ0v) is 17.4. The predicted octanol–water partition coefficient (Wildman–Crippen LogP) is 3.20. The second kappa shape index (κ2) is 8.45. The van der Waals surface area contributed by atoms with E-state index in [1.807, 2.05) is 11.6 Å². The summed E-state index contributed by atoms with van der Waals surface area (Å²) in [5.41, 5.74) is 1.02. The van der Waals surface area contributed by atoms with Gasteiger partial charge in [0.05, 0.1) is 17.1 Å². The summed E-state index contributed by atoms with van der Waals surface area (Å²) in [6, 6.07) is 8.87. The first-order chi connectivity index (χ1) is 13.3. The summed E-state index contributed by atoms with van der Waals surface area (Å²) in [6.07, 6.45) is 3.61. The smallest absolute Gasteiger partial charge is 0.243 e. The lowest BCUT2D eigenvalue weighted by atomic mass is 9.97. The van der Waals surface area contributed by atoms with Crippen LogP contribution in [0, 0.1) is 12.8 Å². The molecule has 0 bridgehead atoms. The second-order valence-electron chi connectivity index (χ2n) is 7.40. The monoisotopic (exact) mass is 404 g/mol. The van der Waals surface area contributed by atoms with Crippen LogP contribution in [-0.2, 0) is 14.8 Å². The summed E-state index contributed by atoms with van der Waals surface area (Å²) in [4.78, 5) is 13.0. The van der Waals surface area contributed by atoms with Gasteiger partial charge in [0.25, 0.3) is 0 Å². The number of amides is 1. The number of aryl methyl sites for hydroxylation is 1. The molecule has 1 N–H and O–H groups in total. The number of benzene rings is 1. The minimum absolute atomic E-state index is 0.0718. The van der Waals surface area contributed by atoms with E-state index >= 15 is 0 Å². The molecule has 1 fully saturated rings. The maximum atomic E-state index is 12.8. The quantitative estimate of drug-likeness (QED) is 0.801. The van der Waals surface area contributed by atoms with Crippen molar-refractivity contribution in [3.8, 4) is 0 Å².